The minimum absolute atomic E-state index is 0.0789. The number of amides is 1. The van der Waals surface area contributed by atoms with E-state index in [0.29, 0.717) is 13.0 Å². The maximum Gasteiger partial charge on any atom is 0.240 e. The molecule has 29 heavy (non-hydrogen) atoms. The largest absolute Gasteiger partial charge is 0.333 e. The average Bonchev–Trinajstić information content (AvgIpc) is 3.39. The highest BCUT2D eigenvalue weighted by Crippen LogP contribution is 2.23. The molecule has 7 nitrogen and oxygen atoms in total. The van der Waals surface area contributed by atoms with Crippen LogP contribution >= 0.6 is 0 Å². The first-order chi connectivity index (χ1) is 14.0. The number of anilines is 1. The van der Waals surface area contributed by atoms with Gasteiger partial charge < -0.3 is 9.47 Å². The van der Waals surface area contributed by atoms with Crippen LogP contribution < -0.4 is 9.62 Å². The van der Waals surface area contributed by atoms with Crippen LogP contribution in [0, 0.1) is 0 Å². The van der Waals surface area contributed by atoms with E-state index in [9.17, 15) is 13.2 Å². The number of rotatable bonds is 7. The molecule has 1 aliphatic rings. The fourth-order valence-corrected chi connectivity index (χ4v) is 4.36. The molecule has 2 heterocycles. The third kappa shape index (κ3) is 4.55. The van der Waals surface area contributed by atoms with Gasteiger partial charge in [0.2, 0.25) is 15.9 Å². The molecule has 150 valence electrons. The van der Waals surface area contributed by atoms with E-state index in [2.05, 4.69) is 9.71 Å². The highest BCUT2D eigenvalue weighted by atomic mass is 32.2. The van der Waals surface area contributed by atoms with Gasteiger partial charge in [-0.25, -0.2) is 18.1 Å². The Morgan fingerprint density at radius 1 is 1.00 bits per heavy atom. The Morgan fingerprint density at radius 3 is 2.34 bits per heavy atom. The van der Waals surface area contributed by atoms with Crippen LogP contribution in [-0.2, 0) is 27.9 Å². The van der Waals surface area contributed by atoms with Crippen molar-refractivity contribution in [2.45, 2.75) is 30.8 Å². The van der Waals surface area contributed by atoms with Crippen LogP contribution in [0.1, 0.15) is 24.0 Å². The number of benzene rings is 2. The van der Waals surface area contributed by atoms with E-state index in [0.717, 1.165) is 29.8 Å². The van der Waals surface area contributed by atoms with Crippen molar-refractivity contribution in [1.29, 1.82) is 0 Å². The Bertz CT molecular complexity index is 1080. The molecule has 0 bridgehead atoms. The van der Waals surface area contributed by atoms with Gasteiger partial charge in [-0.05, 0) is 41.8 Å². The summed E-state index contributed by atoms with van der Waals surface area (Å²) < 4.78 is 29.8. The molecule has 0 aliphatic carbocycles. The number of hydrogen-bond donors (Lipinski definition) is 1. The Hall–Kier alpha value is -2.97. The van der Waals surface area contributed by atoms with Gasteiger partial charge in [0.25, 0.3) is 0 Å². The molecule has 1 aliphatic heterocycles. The summed E-state index contributed by atoms with van der Waals surface area (Å²) in [4.78, 5) is 17.7. The lowest BCUT2D eigenvalue weighted by atomic mass is 10.1. The number of nitrogens with zero attached hydrogens (tertiary/aromatic N) is 3. The van der Waals surface area contributed by atoms with E-state index in [-0.39, 0.29) is 17.3 Å². The van der Waals surface area contributed by atoms with Gasteiger partial charge in [-0.15, -0.1) is 0 Å². The number of carbonyl (C=O) groups excluding carboxylic acids is 1. The molecule has 2 aromatic carbocycles. The Balaban J connectivity index is 1.37. The number of hydrogen-bond acceptors (Lipinski definition) is 4. The molecule has 1 saturated heterocycles. The Kier molecular flexibility index (Phi) is 5.46. The van der Waals surface area contributed by atoms with E-state index in [1.807, 2.05) is 35.0 Å². The van der Waals surface area contributed by atoms with Gasteiger partial charge >= 0.3 is 0 Å². The van der Waals surface area contributed by atoms with Gasteiger partial charge in [-0.1, -0.05) is 24.3 Å². The second kappa shape index (κ2) is 8.18. The summed E-state index contributed by atoms with van der Waals surface area (Å²) in [6, 6.07) is 14.2. The first kappa shape index (κ1) is 19.4. The summed E-state index contributed by atoms with van der Waals surface area (Å²) in [5.74, 6) is 0.0789. The molecule has 1 aromatic heterocycles. The molecule has 0 atom stereocenters. The molecule has 4 rings (SSSR count). The standard InChI is InChI=1S/C21H22N4O3S/c26-21-2-1-12-25(21)19-7-9-20(10-8-19)29(27,28)23-14-17-3-5-18(6-4-17)15-24-13-11-22-16-24/h3-11,13,16,23H,1-2,12,14-15H2. The van der Waals surface area contributed by atoms with E-state index in [1.54, 1.807) is 29.6 Å². The second-order valence-electron chi connectivity index (χ2n) is 7.02. The number of imidazole rings is 1. The number of sulfonamides is 1. The number of aromatic nitrogens is 2. The fourth-order valence-electron chi connectivity index (χ4n) is 3.34. The molecule has 3 aromatic rings. The summed E-state index contributed by atoms with van der Waals surface area (Å²) in [5, 5.41) is 0. The third-order valence-corrected chi connectivity index (χ3v) is 6.36. The molecule has 0 spiro atoms. The normalized spacial score (nSPS) is 14.5. The van der Waals surface area contributed by atoms with Crippen LogP contribution in [0.3, 0.4) is 0 Å². The second-order valence-corrected chi connectivity index (χ2v) is 8.79. The summed E-state index contributed by atoms with van der Waals surface area (Å²) in [7, 11) is -3.63. The molecule has 1 N–H and O–H groups in total. The summed E-state index contributed by atoms with van der Waals surface area (Å²) in [6.07, 6.45) is 6.77. The maximum atomic E-state index is 12.6. The van der Waals surface area contributed by atoms with Crippen molar-refractivity contribution in [1.82, 2.24) is 14.3 Å². The molecule has 0 radical (unpaired) electrons. The van der Waals surface area contributed by atoms with E-state index >= 15 is 0 Å². The van der Waals surface area contributed by atoms with Gasteiger partial charge in [0.1, 0.15) is 0 Å². The summed E-state index contributed by atoms with van der Waals surface area (Å²) in [6.45, 7) is 1.61. The van der Waals surface area contributed by atoms with Crippen molar-refractivity contribution in [2.75, 3.05) is 11.4 Å². The first-order valence-electron chi connectivity index (χ1n) is 9.45. The fraction of sp³-hybridized carbons (Fsp3) is 0.238. The van der Waals surface area contributed by atoms with Gasteiger partial charge in [-0.2, -0.15) is 0 Å². The molecule has 0 saturated carbocycles. The maximum absolute atomic E-state index is 12.6. The van der Waals surface area contributed by atoms with E-state index in [4.69, 9.17) is 0 Å². The van der Waals surface area contributed by atoms with Crippen LogP contribution in [0.2, 0.25) is 0 Å². The zero-order chi connectivity index (χ0) is 20.3. The van der Waals surface area contributed by atoms with Crippen LogP contribution in [0.25, 0.3) is 0 Å². The van der Waals surface area contributed by atoms with Gasteiger partial charge in [0.15, 0.2) is 0 Å². The van der Waals surface area contributed by atoms with Crippen LogP contribution in [0.15, 0.2) is 72.1 Å². The predicted octanol–water partition coefficient (Wildman–Crippen LogP) is 2.54. The molecule has 1 fully saturated rings. The Labute approximate surface area is 170 Å². The van der Waals surface area contributed by atoms with Crippen LogP contribution in [0.5, 0.6) is 0 Å². The molecular weight excluding hydrogens is 388 g/mol. The number of nitrogens with one attached hydrogen (secondary N) is 1. The van der Waals surface area contributed by atoms with Crippen molar-refractivity contribution in [2.24, 2.45) is 0 Å². The smallest absolute Gasteiger partial charge is 0.240 e. The van der Waals surface area contributed by atoms with Crippen LogP contribution in [0.4, 0.5) is 5.69 Å². The molecule has 1 amide bonds. The van der Waals surface area contributed by atoms with Crippen molar-refractivity contribution < 1.29 is 13.2 Å². The quantitative estimate of drug-likeness (QED) is 0.649. The monoisotopic (exact) mass is 410 g/mol. The van der Waals surface area contributed by atoms with Crippen molar-refractivity contribution in [3.63, 3.8) is 0 Å². The summed E-state index contributed by atoms with van der Waals surface area (Å²) in [5.41, 5.74) is 2.73. The van der Waals surface area contributed by atoms with E-state index < -0.39 is 10.0 Å². The lowest BCUT2D eigenvalue weighted by Crippen LogP contribution is -2.25. The molecule has 8 heteroatoms. The highest BCUT2D eigenvalue weighted by Gasteiger charge is 2.22. The predicted molar refractivity (Wildman–Crippen MR) is 110 cm³/mol. The van der Waals surface area contributed by atoms with Crippen molar-refractivity contribution >= 4 is 21.6 Å². The SMILES string of the molecule is O=C1CCCN1c1ccc(S(=O)(=O)NCc2ccc(Cn3ccnc3)cc2)cc1. The topological polar surface area (TPSA) is 84.3 Å². The summed E-state index contributed by atoms with van der Waals surface area (Å²) >= 11 is 0. The Morgan fingerprint density at radius 2 is 1.72 bits per heavy atom. The van der Waals surface area contributed by atoms with Crippen LogP contribution in [-0.4, -0.2) is 30.4 Å². The minimum Gasteiger partial charge on any atom is -0.333 e. The minimum atomic E-state index is -3.63. The number of carbonyl (C=O) groups is 1. The van der Waals surface area contributed by atoms with Gasteiger partial charge in [0, 0.05) is 44.1 Å². The van der Waals surface area contributed by atoms with Gasteiger partial charge in [-0.3, -0.25) is 4.79 Å². The highest BCUT2D eigenvalue weighted by molar-refractivity contribution is 7.89. The zero-order valence-corrected chi connectivity index (χ0v) is 16.7. The first-order valence-corrected chi connectivity index (χ1v) is 10.9. The lowest BCUT2D eigenvalue weighted by Gasteiger charge is -2.16. The lowest BCUT2D eigenvalue weighted by molar-refractivity contribution is -0.117. The van der Waals surface area contributed by atoms with Gasteiger partial charge in [0.05, 0.1) is 11.2 Å². The van der Waals surface area contributed by atoms with Crippen molar-refractivity contribution in [3.05, 3.63) is 78.4 Å². The van der Waals surface area contributed by atoms with E-state index in [1.165, 1.54) is 12.1 Å². The third-order valence-electron chi connectivity index (χ3n) is 4.95. The zero-order valence-electron chi connectivity index (χ0n) is 15.9. The van der Waals surface area contributed by atoms with Crippen molar-refractivity contribution in [3.8, 4) is 0 Å². The molecule has 0 unspecified atom stereocenters. The molecular formula is C21H22N4O3S. The average molecular weight is 410 g/mol.